The highest BCUT2D eigenvalue weighted by molar-refractivity contribution is 5.91. The molecular weight excluding hydrogens is 476 g/mol. The zero-order valence-corrected chi connectivity index (χ0v) is 19.5. The van der Waals surface area contributed by atoms with E-state index in [0.717, 1.165) is 18.2 Å². The molecule has 0 saturated carbocycles. The quantitative estimate of drug-likeness (QED) is 0.249. The number of esters is 1. The molecule has 0 aromatic heterocycles. The lowest BCUT2D eigenvalue weighted by Gasteiger charge is -2.34. The van der Waals surface area contributed by atoms with Gasteiger partial charge in [-0.2, -0.15) is 0 Å². The van der Waals surface area contributed by atoms with Crippen molar-refractivity contribution in [2.45, 2.75) is 18.6 Å². The van der Waals surface area contributed by atoms with Gasteiger partial charge in [0.15, 0.2) is 34.9 Å². The van der Waals surface area contributed by atoms with Crippen LogP contribution >= 0.6 is 0 Å². The first-order valence-electron chi connectivity index (χ1n) is 10.6. The Bertz CT molecular complexity index is 1270. The number of methoxy groups -OCH3 is 3. The number of hydrogen-bond donors (Lipinski definition) is 5. The van der Waals surface area contributed by atoms with Crippen molar-refractivity contribution in [1.82, 2.24) is 0 Å². The van der Waals surface area contributed by atoms with Crippen LogP contribution in [0.5, 0.6) is 51.7 Å². The predicted octanol–water partition coefficient (Wildman–Crippen LogP) is 3.14. The molecule has 5 N–H and O–H groups in total. The van der Waals surface area contributed by atoms with Crippen molar-refractivity contribution in [2.75, 3.05) is 21.3 Å². The van der Waals surface area contributed by atoms with Crippen LogP contribution in [0.2, 0.25) is 0 Å². The van der Waals surface area contributed by atoms with Crippen molar-refractivity contribution in [3.8, 4) is 51.7 Å². The van der Waals surface area contributed by atoms with Crippen LogP contribution < -0.4 is 18.9 Å². The van der Waals surface area contributed by atoms with Gasteiger partial charge in [-0.25, -0.2) is 4.79 Å². The smallest absolute Gasteiger partial charge is 0.338 e. The fourth-order valence-corrected chi connectivity index (χ4v) is 4.03. The molecule has 3 aromatic rings. The molecule has 0 saturated heterocycles. The molecule has 0 fully saturated rings. The third kappa shape index (κ3) is 4.38. The number of aromatic hydroxyl groups is 5. The van der Waals surface area contributed by atoms with Crippen molar-refractivity contribution in [3.05, 3.63) is 53.1 Å². The lowest BCUT2D eigenvalue weighted by Crippen LogP contribution is -2.34. The van der Waals surface area contributed by atoms with Gasteiger partial charge in [0.05, 0.1) is 26.9 Å². The molecule has 4 rings (SSSR count). The number of hydrogen-bond acceptors (Lipinski definition) is 11. The lowest BCUT2D eigenvalue weighted by molar-refractivity contribution is -0.0189. The Kier molecular flexibility index (Phi) is 6.47. The highest BCUT2D eigenvalue weighted by Gasteiger charge is 2.37. The van der Waals surface area contributed by atoms with Crippen molar-refractivity contribution in [2.24, 2.45) is 0 Å². The van der Waals surface area contributed by atoms with E-state index in [-0.39, 0.29) is 29.2 Å². The van der Waals surface area contributed by atoms with Gasteiger partial charge in [0.2, 0.25) is 5.75 Å². The van der Waals surface area contributed by atoms with E-state index in [9.17, 15) is 30.3 Å². The molecule has 36 heavy (non-hydrogen) atoms. The summed E-state index contributed by atoms with van der Waals surface area (Å²) in [5, 5.41) is 49.5. The summed E-state index contributed by atoms with van der Waals surface area (Å²) >= 11 is 0. The first-order chi connectivity index (χ1) is 17.2. The SMILES string of the molecule is COc1cc([C@H]2Oc3cc(O)cc(O)c3CC2OC(=O)c2cc(O)c(O)c(O)c2)cc(OC)c1OC. The second-order valence-corrected chi connectivity index (χ2v) is 7.95. The molecular formula is C25H24O11. The maximum Gasteiger partial charge on any atom is 0.338 e. The zero-order chi connectivity index (χ0) is 26.1. The summed E-state index contributed by atoms with van der Waals surface area (Å²) in [4.78, 5) is 12.9. The van der Waals surface area contributed by atoms with E-state index in [4.69, 9.17) is 23.7 Å². The number of phenolic OH excluding ortho intramolecular Hbond substituents is 5. The van der Waals surface area contributed by atoms with Gasteiger partial charge in [-0.05, 0) is 24.3 Å². The third-order valence-corrected chi connectivity index (χ3v) is 5.75. The fourth-order valence-electron chi connectivity index (χ4n) is 4.03. The number of carbonyl (C=O) groups is 1. The minimum Gasteiger partial charge on any atom is -0.508 e. The second-order valence-electron chi connectivity index (χ2n) is 7.95. The molecule has 1 aliphatic rings. The topological polar surface area (TPSA) is 164 Å². The Morgan fingerprint density at radius 2 is 1.44 bits per heavy atom. The van der Waals surface area contributed by atoms with E-state index < -0.39 is 35.4 Å². The van der Waals surface area contributed by atoms with Gasteiger partial charge >= 0.3 is 5.97 Å². The maximum absolute atomic E-state index is 12.9. The Labute approximate surface area is 205 Å². The first kappa shape index (κ1) is 24.5. The summed E-state index contributed by atoms with van der Waals surface area (Å²) in [5.41, 5.74) is 0.532. The zero-order valence-electron chi connectivity index (χ0n) is 19.5. The molecule has 11 heteroatoms. The lowest BCUT2D eigenvalue weighted by atomic mass is 9.93. The molecule has 2 atom stereocenters. The van der Waals surface area contributed by atoms with Gasteiger partial charge in [-0.1, -0.05) is 0 Å². The summed E-state index contributed by atoms with van der Waals surface area (Å²) in [6.07, 6.45) is -2.00. The Balaban J connectivity index is 1.78. The van der Waals surface area contributed by atoms with E-state index in [1.54, 1.807) is 12.1 Å². The molecule has 1 heterocycles. The van der Waals surface area contributed by atoms with Crippen LogP contribution in [0.4, 0.5) is 0 Å². The molecule has 0 amide bonds. The van der Waals surface area contributed by atoms with Gasteiger partial charge in [-0.15, -0.1) is 0 Å². The van der Waals surface area contributed by atoms with Crippen LogP contribution in [0.15, 0.2) is 36.4 Å². The van der Waals surface area contributed by atoms with Gasteiger partial charge in [-0.3, -0.25) is 0 Å². The van der Waals surface area contributed by atoms with Gasteiger partial charge in [0.25, 0.3) is 0 Å². The van der Waals surface area contributed by atoms with Gasteiger partial charge in [0.1, 0.15) is 23.4 Å². The maximum atomic E-state index is 12.9. The Morgan fingerprint density at radius 3 is 2.00 bits per heavy atom. The van der Waals surface area contributed by atoms with Gasteiger partial charge < -0.3 is 49.2 Å². The van der Waals surface area contributed by atoms with E-state index in [0.29, 0.717) is 28.4 Å². The fraction of sp³-hybridized carbons (Fsp3) is 0.240. The van der Waals surface area contributed by atoms with Crippen molar-refractivity contribution in [1.29, 1.82) is 0 Å². The second kappa shape index (κ2) is 9.53. The van der Waals surface area contributed by atoms with Crippen LogP contribution in [-0.2, 0) is 11.2 Å². The first-order valence-corrected chi connectivity index (χ1v) is 10.6. The monoisotopic (exact) mass is 500 g/mol. The number of ether oxygens (including phenoxy) is 5. The van der Waals surface area contributed by atoms with E-state index >= 15 is 0 Å². The molecule has 0 spiro atoms. The average molecular weight is 500 g/mol. The summed E-state index contributed by atoms with van der Waals surface area (Å²) in [6.45, 7) is 0. The minimum absolute atomic E-state index is 0.00936. The van der Waals surface area contributed by atoms with E-state index in [1.807, 2.05) is 0 Å². The molecule has 1 unspecified atom stereocenters. The average Bonchev–Trinajstić information content (AvgIpc) is 2.85. The molecule has 0 bridgehead atoms. The van der Waals surface area contributed by atoms with E-state index in [2.05, 4.69) is 0 Å². The van der Waals surface area contributed by atoms with Crippen molar-refractivity contribution >= 4 is 5.97 Å². The predicted molar refractivity (Wildman–Crippen MR) is 124 cm³/mol. The molecule has 190 valence electrons. The van der Waals surface area contributed by atoms with Crippen LogP contribution in [0, 0.1) is 0 Å². The molecule has 1 aliphatic heterocycles. The summed E-state index contributed by atoms with van der Waals surface area (Å²) in [5.74, 6) is -2.46. The number of carbonyl (C=O) groups excluding carboxylic acids is 1. The molecule has 3 aromatic carbocycles. The standard InChI is InChI=1S/C25H24O11/c1-32-19-6-11(7-20(33-2)24(19)34-3)23-21(10-14-15(27)8-13(26)9-18(14)35-23)36-25(31)12-4-16(28)22(30)17(29)5-12/h4-9,21,23,26-30H,10H2,1-3H3/t21?,23-/m1/s1. The van der Waals surface area contributed by atoms with Crippen molar-refractivity contribution in [3.63, 3.8) is 0 Å². The third-order valence-electron chi connectivity index (χ3n) is 5.75. The summed E-state index contributed by atoms with van der Waals surface area (Å²) in [6, 6.07) is 7.57. The van der Waals surface area contributed by atoms with Crippen LogP contribution in [0.1, 0.15) is 27.6 Å². The molecule has 0 aliphatic carbocycles. The van der Waals surface area contributed by atoms with Crippen LogP contribution in [0.3, 0.4) is 0 Å². The minimum atomic E-state index is -1.03. The largest absolute Gasteiger partial charge is 0.508 e. The highest BCUT2D eigenvalue weighted by Crippen LogP contribution is 2.46. The van der Waals surface area contributed by atoms with Crippen molar-refractivity contribution < 1.29 is 54.0 Å². The number of fused-ring (bicyclic) bond motifs is 1. The Morgan fingerprint density at radius 1 is 0.833 bits per heavy atom. The number of benzene rings is 3. The number of phenols is 5. The normalized spacial score (nSPS) is 16.4. The van der Waals surface area contributed by atoms with Crippen LogP contribution in [-0.4, -0.2) is 58.9 Å². The number of rotatable bonds is 6. The molecule has 11 nitrogen and oxygen atoms in total. The Hall–Kier alpha value is -4.67. The van der Waals surface area contributed by atoms with E-state index in [1.165, 1.54) is 27.4 Å². The molecule has 0 radical (unpaired) electrons. The van der Waals surface area contributed by atoms with Crippen LogP contribution in [0.25, 0.3) is 0 Å². The highest BCUT2D eigenvalue weighted by atomic mass is 16.6. The van der Waals surface area contributed by atoms with Gasteiger partial charge in [0, 0.05) is 29.7 Å². The summed E-state index contributed by atoms with van der Waals surface area (Å²) in [7, 11) is 4.33. The summed E-state index contributed by atoms with van der Waals surface area (Å²) < 4.78 is 28.0.